The third kappa shape index (κ3) is 2.07. The largest absolute Gasteiger partial charge is 0.198 e. The van der Waals surface area contributed by atoms with Gasteiger partial charge in [0.05, 0.1) is 24.1 Å². The van der Waals surface area contributed by atoms with Crippen molar-refractivity contribution < 1.29 is 0 Å². The van der Waals surface area contributed by atoms with Crippen LogP contribution in [0.5, 0.6) is 0 Å². The highest BCUT2D eigenvalue weighted by Gasteiger charge is 2.01. The molecular formula is C11H10N2. The van der Waals surface area contributed by atoms with E-state index in [1.165, 1.54) is 0 Å². The smallest absolute Gasteiger partial charge is 0.0991 e. The maximum Gasteiger partial charge on any atom is 0.0991 e. The highest BCUT2D eigenvalue weighted by molar-refractivity contribution is 5.39. The molecule has 0 saturated carbocycles. The van der Waals surface area contributed by atoms with Crippen molar-refractivity contribution in [3.63, 3.8) is 0 Å². The summed E-state index contributed by atoms with van der Waals surface area (Å²) < 4.78 is 0. The molecule has 2 heteroatoms. The van der Waals surface area contributed by atoms with Crippen LogP contribution in [0.1, 0.15) is 23.6 Å². The molecule has 0 amide bonds. The first-order valence-corrected chi connectivity index (χ1v) is 4.20. The average molecular weight is 170 g/mol. The summed E-state index contributed by atoms with van der Waals surface area (Å²) in [6.07, 6.45) is 1.29. The first kappa shape index (κ1) is 9.29. The number of hydrogen-bond acceptors (Lipinski definition) is 2. The summed E-state index contributed by atoms with van der Waals surface area (Å²) in [5.74, 6) is 0. The van der Waals surface area contributed by atoms with E-state index in [9.17, 15) is 0 Å². The van der Waals surface area contributed by atoms with Gasteiger partial charge in [-0.1, -0.05) is 13.0 Å². The summed E-state index contributed by atoms with van der Waals surface area (Å²) in [7, 11) is 0. The summed E-state index contributed by atoms with van der Waals surface area (Å²) in [4.78, 5) is 0. The minimum atomic E-state index is 0.388. The van der Waals surface area contributed by atoms with E-state index in [0.717, 1.165) is 17.5 Å². The number of nitriles is 2. The molecule has 1 aromatic rings. The first-order valence-electron chi connectivity index (χ1n) is 4.20. The fourth-order valence-corrected chi connectivity index (χ4v) is 1.29. The van der Waals surface area contributed by atoms with Crippen LogP contribution in [0.15, 0.2) is 18.2 Å². The molecule has 0 saturated heterocycles. The standard InChI is InChI=1S/C11H10N2/c1-2-10-4-3-9(8-13)7-11(10)5-6-12/h3-4,7H,2,5H2,1H3. The van der Waals surface area contributed by atoms with Crippen LogP contribution < -0.4 is 0 Å². The van der Waals surface area contributed by atoms with Crippen molar-refractivity contribution in [2.24, 2.45) is 0 Å². The van der Waals surface area contributed by atoms with Crippen molar-refractivity contribution in [1.82, 2.24) is 0 Å². The highest BCUT2D eigenvalue weighted by Crippen LogP contribution is 2.12. The minimum absolute atomic E-state index is 0.388. The number of rotatable bonds is 2. The van der Waals surface area contributed by atoms with Gasteiger partial charge in [-0.15, -0.1) is 0 Å². The maximum absolute atomic E-state index is 8.66. The summed E-state index contributed by atoms with van der Waals surface area (Å²) in [5, 5.41) is 17.2. The molecule has 2 nitrogen and oxygen atoms in total. The van der Waals surface area contributed by atoms with E-state index < -0.39 is 0 Å². The molecular weight excluding hydrogens is 160 g/mol. The highest BCUT2D eigenvalue weighted by atomic mass is 14.2. The number of benzene rings is 1. The van der Waals surface area contributed by atoms with Gasteiger partial charge in [0.1, 0.15) is 0 Å². The molecule has 0 fully saturated rings. The second kappa shape index (κ2) is 4.28. The Morgan fingerprint density at radius 1 is 1.23 bits per heavy atom. The van der Waals surface area contributed by atoms with Gasteiger partial charge < -0.3 is 0 Å². The Hall–Kier alpha value is -1.80. The van der Waals surface area contributed by atoms with Crippen LogP contribution in [0.4, 0.5) is 0 Å². The van der Waals surface area contributed by atoms with E-state index in [1.807, 2.05) is 13.0 Å². The third-order valence-electron chi connectivity index (χ3n) is 1.99. The Balaban J connectivity index is 3.13. The van der Waals surface area contributed by atoms with Crippen molar-refractivity contribution >= 4 is 0 Å². The van der Waals surface area contributed by atoms with Crippen LogP contribution in [-0.2, 0) is 12.8 Å². The van der Waals surface area contributed by atoms with E-state index in [0.29, 0.717) is 12.0 Å². The molecule has 64 valence electrons. The molecule has 0 unspecified atom stereocenters. The van der Waals surface area contributed by atoms with Gasteiger partial charge in [-0.25, -0.2) is 0 Å². The van der Waals surface area contributed by atoms with Gasteiger partial charge in [0.15, 0.2) is 0 Å². The molecule has 0 aliphatic rings. The van der Waals surface area contributed by atoms with Gasteiger partial charge in [-0.3, -0.25) is 0 Å². The Morgan fingerprint density at radius 3 is 2.54 bits per heavy atom. The van der Waals surface area contributed by atoms with E-state index in [4.69, 9.17) is 10.5 Å². The Bertz CT molecular complexity index is 380. The summed E-state index contributed by atoms with van der Waals surface area (Å²) >= 11 is 0. The molecule has 0 aliphatic carbocycles. The van der Waals surface area contributed by atoms with Gasteiger partial charge in [0.2, 0.25) is 0 Å². The molecule has 0 radical (unpaired) electrons. The number of nitrogens with zero attached hydrogens (tertiary/aromatic N) is 2. The van der Waals surface area contributed by atoms with Crippen LogP contribution in [0.25, 0.3) is 0 Å². The van der Waals surface area contributed by atoms with E-state index in [2.05, 4.69) is 12.1 Å². The van der Waals surface area contributed by atoms with Crippen LogP contribution >= 0.6 is 0 Å². The fraction of sp³-hybridized carbons (Fsp3) is 0.273. The van der Waals surface area contributed by atoms with Gasteiger partial charge in [0.25, 0.3) is 0 Å². The zero-order valence-corrected chi connectivity index (χ0v) is 7.54. The number of hydrogen-bond donors (Lipinski definition) is 0. The Morgan fingerprint density at radius 2 is 2.00 bits per heavy atom. The lowest BCUT2D eigenvalue weighted by atomic mass is 10.0. The fourth-order valence-electron chi connectivity index (χ4n) is 1.29. The predicted molar refractivity (Wildman–Crippen MR) is 49.9 cm³/mol. The minimum Gasteiger partial charge on any atom is -0.198 e. The first-order chi connectivity index (χ1) is 6.31. The SMILES string of the molecule is CCc1ccc(C#N)cc1CC#N. The van der Waals surface area contributed by atoms with Gasteiger partial charge >= 0.3 is 0 Å². The normalized spacial score (nSPS) is 8.85. The molecule has 0 aromatic heterocycles. The molecule has 0 N–H and O–H groups in total. The van der Waals surface area contributed by atoms with Crippen molar-refractivity contribution in [3.05, 3.63) is 34.9 Å². The van der Waals surface area contributed by atoms with E-state index in [-0.39, 0.29) is 0 Å². The zero-order valence-electron chi connectivity index (χ0n) is 7.54. The maximum atomic E-state index is 8.66. The van der Waals surface area contributed by atoms with Crippen molar-refractivity contribution in [2.45, 2.75) is 19.8 Å². The molecule has 1 rings (SSSR count). The molecule has 0 bridgehead atoms. The number of aryl methyl sites for hydroxylation is 1. The van der Waals surface area contributed by atoms with Crippen molar-refractivity contribution in [1.29, 1.82) is 10.5 Å². The van der Waals surface area contributed by atoms with E-state index in [1.54, 1.807) is 12.1 Å². The molecule has 1 aromatic carbocycles. The van der Waals surface area contributed by atoms with Gasteiger partial charge in [-0.2, -0.15) is 10.5 Å². The molecule has 13 heavy (non-hydrogen) atoms. The van der Waals surface area contributed by atoms with E-state index >= 15 is 0 Å². The quantitative estimate of drug-likeness (QED) is 0.683. The average Bonchev–Trinajstić information content (AvgIpc) is 2.18. The lowest BCUT2D eigenvalue weighted by Gasteiger charge is -2.03. The van der Waals surface area contributed by atoms with Crippen molar-refractivity contribution in [2.75, 3.05) is 0 Å². The molecule has 0 aliphatic heterocycles. The van der Waals surface area contributed by atoms with Crippen LogP contribution in [0.2, 0.25) is 0 Å². The van der Waals surface area contributed by atoms with Gasteiger partial charge in [-0.05, 0) is 29.7 Å². The summed E-state index contributed by atoms with van der Waals surface area (Å²) in [5.41, 5.74) is 2.76. The molecule has 0 heterocycles. The lowest BCUT2D eigenvalue weighted by molar-refractivity contribution is 1.08. The zero-order chi connectivity index (χ0) is 9.68. The predicted octanol–water partition coefficient (Wildman–Crippen LogP) is 2.19. The Labute approximate surface area is 78.0 Å². The van der Waals surface area contributed by atoms with Crippen LogP contribution in [-0.4, -0.2) is 0 Å². The Kier molecular flexibility index (Phi) is 3.06. The second-order valence-electron chi connectivity index (χ2n) is 2.78. The summed E-state index contributed by atoms with van der Waals surface area (Å²) in [6.45, 7) is 2.04. The van der Waals surface area contributed by atoms with Crippen LogP contribution in [0, 0.1) is 22.7 Å². The summed E-state index contributed by atoms with van der Waals surface area (Å²) in [6, 6.07) is 9.68. The molecule has 0 spiro atoms. The monoisotopic (exact) mass is 170 g/mol. The molecule has 0 atom stereocenters. The van der Waals surface area contributed by atoms with Crippen molar-refractivity contribution in [3.8, 4) is 12.1 Å². The second-order valence-corrected chi connectivity index (χ2v) is 2.78. The van der Waals surface area contributed by atoms with Gasteiger partial charge in [0, 0.05) is 0 Å². The topological polar surface area (TPSA) is 47.6 Å². The third-order valence-corrected chi connectivity index (χ3v) is 1.99. The van der Waals surface area contributed by atoms with Crippen LogP contribution in [0.3, 0.4) is 0 Å². The lowest BCUT2D eigenvalue weighted by Crippen LogP contribution is -1.92.